The highest BCUT2D eigenvalue weighted by molar-refractivity contribution is 7.90. The van der Waals surface area contributed by atoms with Gasteiger partial charge in [0.05, 0.1) is 20.5 Å². The number of amides is 1. The summed E-state index contributed by atoms with van der Waals surface area (Å²) in [5, 5.41) is 13.2. The van der Waals surface area contributed by atoms with Gasteiger partial charge in [-0.1, -0.05) is 83.9 Å². The van der Waals surface area contributed by atoms with Gasteiger partial charge in [-0.25, -0.2) is 13.2 Å². The summed E-state index contributed by atoms with van der Waals surface area (Å²) in [7, 11) is -6.50. The van der Waals surface area contributed by atoms with E-state index in [1.54, 1.807) is 60.4 Å². The van der Waals surface area contributed by atoms with Crippen molar-refractivity contribution in [3.05, 3.63) is 129 Å². The Hall–Kier alpha value is -3.88. The van der Waals surface area contributed by atoms with E-state index in [-0.39, 0.29) is 44.9 Å². The smallest absolute Gasteiger partial charge is 0.329 e. The van der Waals surface area contributed by atoms with Crippen molar-refractivity contribution in [3.8, 4) is 5.75 Å². The minimum Gasteiger partial charge on any atom is -0.508 e. The number of sulfone groups is 1. The number of hydrogen-bond donors (Lipinski definition) is 2. The molecule has 2 atom stereocenters. The summed E-state index contributed by atoms with van der Waals surface area (Å²) in [6, 6.07) is 23.3. The third-order valence-corrected chi connectivity index (χ3v) is 12.7. The van der Waals surface area contributed by atoms with Crippen molar-refractivity contribution >= 4 is 63.4 Å². The molecule has 47 heavy (non-hydrogen) atoms. The minimum absolute atomic E-state index is 0.00346. The molecule has 4 aromatic carbocycles. The molecule has 0 saturated heterocycles. The number of benzene rings is 4. The van der Waals surface area contributed by atoms with E-state index in [9.17, 15) is 27.7 Å². The number of ether oxygens (including phenoxy) is 1. The molecule has 12 heteroatoms. The van der Waals surface area contributed by atoms with Crippen molar-refractivity contribution in [2.45, 2.75) is 42.5 Å². The molecular formula is C35H32Cl2NO7PS. The first-order chi connectivity index (χ1) is 22.3. The van der Waals surface area contributed by atoms with Gasteiger partial charge < -0.3 is 19.7 Å². The van der Waals surface area contributed by atoms with E-state index >= 15 is 0 Å². The Kier molecular flexibility index (Phi) is 10.6. The molecule has 0 aliphatic heterocycles. The van der Waals surface area contributed by atoms with Crippen molar-refractivity contribution in [2.24, 2.45) is 0 Å². The second-order valence-electron chi connectivity index (χ2n) is 11.4. The van der Waals surface area contributed by atoms with E-state index < -0.39 is 34.9 Å². The van der Waals surface area contributed by atoms with E-state index in [0.29, 0.717) is 16.4 Å². The lowest BCUT2D eigenvalue weighted by Gasteiger charge is -2.19. The topological polar surface area (TPSA) is 127 Å². The molecule has 8 nitrogen and oxygen atoms in total. The van der Waals surface area contributed by atoms with Crippen molar-refractivity contribution in [2.75, 3.05) is 6.26 Å². The van der Waals surface area contributed by atoms with Crippen molar-refractivity contribution in [1.82, 2.24) is 5.32 Å². The summed E-state index contributed by atoms with van der Waals surface area (Å²) < 4.78 is 43.8. The molecule has 1 aliphatic carbocycles. The highest BCUT2D eigenvalue weighted by Crippen LogP contribution is 2.61. The summed E-state index contributed by atoms with van der Waals surface area (Å²) in [5.41, 5.74) is 1.64. The SMILES string of the molecule is CS(=O)(=O)c1cccc(C[C@H](NC(=O)c2c(Cl)cc(/C=C/P(=O)(c3cccc(O)c3)C3CC3)cc2Cl)C(=O)OCc2ccccc2)c1. The molecule has 0 spiro atoms. The average Bonchev–Trinajstić information content (AvgIpc) is 3.89. The highest BCUT2D eigenvalue weighted by atomic mass is 35.5. The van der Waals surface area contributed by atoms with Crippen LogP contribution in [0, 0.1) is 0 Å². The van der Waals surface area contributed by atoms with Crippen molar-refractivity contribution < 1.29 is 32.4 Å². The third-order valence-electron chi connectivity index (χ3n) is 7.68. The minimum atomic E-state index is -3.52. The van der Waals surface area contributed by atoms with Gasteiger partial charge in [0, 0.05) is 23.6 Å². The van der Waals surface area contributed by atoms with Gasteiger partial charge in [-0.3, -0.25) is 4.79 Å². The van der Waals surface area contributed by atoms with Gasteiger partial charge in [0.1, 0.15) is 25.5 Å². The van der Waals surface area contributed by atoms with Crippen LogP contribution in [0.3, 0.4) is 0 Å². The highest BCUT2D eigenvalue weighted by Gasteiger charge is 2.40. The first-order valence-corrected chi connectivity index (χ1v) is 19.2. The predicted molar refractivity (Wildman–Crippen MR) is 185 cm³/mol. The molecule has 1 fully saturated rings. The number of esters is 1. The number of halogens is 2. The number of rotatable bonds is 12. The summed E-state index contributed by atoms with van der Waals surface area (Å²) in [6.45, 7) is -0.0364. The molecule has 1 amide bonds. The Labute approximate surface area is 283 Å². The van der Waals surface area contributed by atoms with Crippen LogP contribution < -0.4 is 10.6 Å². The molecule has 0 bridgehead atoms. The molecule has 0 heterocycles. The molecule has 244 valence electrons. The van der Waals surface area contributed by atoms with E-state index in [4.69, 9.17) is 27.9 Å². The summed E-state index contributed by atoms with van der Waals surface area (Å²) >= 11 is 13.1. The van der Waals surface area contributed by atoms with Crippen LogP contribution >= 0.6 is 30.3 Å². The van der Waals surface area contributed by atoms with Gasteiger partial charge in [-0.2, -0.15) is 0 Å². The molecular weight excluding hydrogens is 680 g/mol. The lowest BCUT2D eigenvalue weighted by Crippen LogP contribution is -2.43. The van der Waals surface area contributed by atoms with Gasteiger partial charge in [0.25, 0.3) is 5.91 Å². The third kappa shape index (κ3) is 8.73. The lowest BCUT2D eigenvalue weighted by molar-refractivity contribution is -0.147. The van der Waals surface area contributed by atoms with Gasteiger partial charge in [0.15, 0.2) is 9.84 Å². The Bertz CT molecular complexity index is 1970. The molecule has 0 radical (unpaired) electrons. The lowest BCUT2D eigenvalue weighted by atomic mass is 10.0. The number of nitrogens with one attached hydrogen (secondary N) is 1. The standard InChI is InChI=1S/C35H32Cl2NO7PS/c1-47(43,44)29-12-5-9-24(17-29)20-32(35(41)45-22-23-7-3-2-4-8-23)38-34(40)33-30(36)18-25(19-31(33)37)15-16-46(42,27-13-14-27)28-11-6-10-26(39)21-28/h2-12,15-19,21,27,32,39H,13-14,20,22H2,1H3,(H,38,40)/b16-15+/t32-,46?/m0/s1. The molecule has 2 N–H and O–H groups in total. The fourth-order valence-corrected chi connectivity index (χ4v) is 9.25. The van der Waals surface area contributed by atoms with E-state index in [1.165, 1.54) is 36.4 Å². The quantitative estimate of drug-likeness (QED) is 0.120. The number of carbonyl (C=O) groups excluding carboxylic acids is 2. The largest absolute Gasteiger partial charge is 0.508 e. The molecule has 1 aliphatic rings. The maximum absolute atomic E-state index is 14.0. The Morgan fingerprint density at radius 3 is 2.26 bits per heavy atom. The average molecular weight is 713 g/mol. The Balaban J connectivity index is 1.38. The molecule has 1 unspecified atom stereocenters. The second-order valence-corrected chi connectivity index (χ2v) is 17.2. The van der Waals surface area contributed by atoms with Crippen LogP contribution in [0.15, 0.2) is 102 Å². The van der Waals surface area contributed by atoms with Crippen LogP contribution in [0.5, 0.6) is 5.75 Å². The Morgan fingerprint density at radius 1 is 0.957 bits per heavy atom. The van der Waals surface area contributed by atoms with E-state index in [2.05, 4.69) is 5.32 Å². The normalized spacial score (nSPS) is 15.1. The summed E-state index contributed by atoms with van der Waals surface area (Å²) in [6.07, 6.45) is 4.28. The zero-order valence-electron chi connectivity index (χ0n) is 25.3. The van der Waals surface area contributed by atoms with Crippen LogP contribution in [0.4, 0.5) is 0 Å². The van der Waals surface area contributed by atoms with Crippen LogP contribution in [-0.2, 0) is 37.0 Å². The molecule has 1 saturated carbocycles. The fraction of sp³-hybridized carbons (Fsp3) is 0.200. The Morgan fingerprint density at radius 2 is 1.62 bits per heavy atom. The number of aromatic hydroxyl groups is 1. The van der Waals surface area contributed by atoms with Gasteiger partial charge >= 0.3 is 5.97 Å². The van der Waals surface area contributed by atoms with Crippen LogP contribution in [-0.4, -0.2) is 43.4 Å². The van der Waals surface area contributed by atoms with Crippen LogP contribution in [0.1, 0.15) is 39.9 Å². The second kappa shape index (κ2) is 14.5. The van der Waals surface area contributed by atoms with Gasteiger partial charge in [0.2, 0.25) is 0 Å². The van der Waals surface area contributed by atoms with E-state index in [1.807, 2.05) is 6.07 Å². The van der Waals surface area contributed by atoms with Crippen LogP contribution in [0.2, 0.25) is 10.0 Å². The van der Waals surface area contributed by atoms with E-state index in [0.717, 1.165) is 24.7 Å². The first kappa shape index (κ1) is 34.5. The summed E-state index contributed by atoms with van der Waals surface area (Å²) in [4.78, 5) is 26.9. The van der Waals surface area contributed by atoms with Crippen molar-refractivity contribution in [1.29, 1.82) is 0 Å². The molecule has 5 rings (SSSR count). The molecule has 4 aromatic rings. The maximum atomic E-state index is 14.0. The molecule has 0 aromatic heterocycles. The number of hydrogen-bond acceptors (Lipinski definition) is 7. The van der Waals surface area contributed by atoms with Crippen LogP contribution in [0.25, 0.3) is 6.08 Å². The first-order valence-electron chi connectivity index (χ1n) is 14.7. The predicted octanol–water partition coefficient (Wildman–Crippen LogP) is 7.01. The zero-order chi connectivity index (χ0) is 33.8. The summed E-state index contributed by atoms with van der Waals surface area (Å²) in [5.74, 6) is 0.190. The monoisotopic (exact) mass is 711 g/mol. The maximum Gasteiger partial charge on any atom is 0.329 e. The zero-order valence-corrected chi connectivity index (χ0v) is 28.5. The number of phenolic OH excluding ortho intramolecular Hbond substituents is 1. The van der Waals surface area contributed by atoms with Gasteiger partial charge in [-0.15, -0.1) is 0 Å². The van der Waals surface area contributed by atoms with Gasteiger partial charge in [-0.05, 0) is 71.7 Å². The van der Waals surface area contributed by atoms with Crippen molar-refractivity contribution in [3.63, 3.8) is 0 Å². The fourth-order valence-electron chi connectivity index (χ4n) is 5.08. The number of phenols is 1. The number of carbonyl (C=O) groups is 2.